The zero-order valence-electron chi connectivity index (χ0n) is 28.7. The second kappa shape index (κ2) is 17.7. The number of carbonyl (C=O) groups is 2. The maximum atomic E-state index is 13.8. The Bertz CT molecular complexity index is 1640. The van der Waals surface area contributed by atoms with Crippen molar-refractivity contribution in [3.05, 3.63) is 95.2 Å². The molecule has 3 aromatic carbocycles. The number of nitrogens with zero attached hydrogens (tertiary/aromatic N) is 4. The SMILES string of the molecule is COc1ccc(OC)c(CN(C(=O)Oc2c(C)cccc2C)c2ccnc(Nc3ccc(C(=O)NCCCCCCN(C)C)cc3)n2)c1. The van der Waals surface area contributed by atoms with Gasteiger partial charge in [-0.05, 0) is 107 Å². The van der Waals surface area contributed by atoms with Crippen LogP contribution in [0.1, 0.15) is 52.7 Å². The molecule has 2 N–H and O–H groups in total. The Morgan fingerprint density at radius 1 is 0.854 bits per heavy atom. The van der Waals surface area contributed by atoms with Crippen LogP contribution in [0.15, 0.2) is 72.9 Å². The maximum absolute atomic E-state index is 13.8. The summed E-state index contributed by atoms with van der Waals surface area (Å²) in [6, 6.07) is 19.8. The first-order chi connectivity index (χ1) is 23.2. The van der Waals surface area contributed by atoms with Crippen LogP contribution in [0.2, 0.25) is 0 Å². The lowest BCUT2D eigenvalue weighted by Gasteiger charge is -2.23. The van der Waals surface area contributed by atoms with Gasteiger partial charge in [0.2, 0.25) is 5.95 Å². The second-order valence-electron chi connectivity index (χ2n) is 11.8. The first kappa shape index (κ1) is 35.7. The number of unbranched alkanes of at least 4 members (excludes halogenated alkanes) is 3. The first-order valence-electron chi connectivity index (χ1n) is 16.1. The smallest absolute Gasteiger partial charge is 0.421 e. The van der Waals surface area contributed by atoms with Crippen molar-refractivity contribution in [2.75, 3.05) is 51.6 Å². The van der Waals surface area contributed by atoms with Gasteiger partial charge in [-0.1, -0.05) is 31.0 Å². The fraction of sp³-hybridized carbons (Fsp3) is 0.351. The van der Waals surface area contributed by atoms with Gasteiger partial charge in [0.05, 0.1) is 20.8 Å². The van der Waals surface area contributed by atoms with E-state index < -0.39 is 6.09 Å². The number of hydrogen-bond acceptors (Lipinski definition) is 9. The van der Waals surface area contributed by atoms with Gasteiger partial charge in [0, 0.05) is 29.6 Å². The number of benzene rings is 3. The molecule has 1 heterocycles. The lowest BCUT2D eigenvalue weighted by atomic mass is 10.1. The van der Waals surface area contributed by atoms with Crippen molar-refractivity contribution in [3.63, 3.8) is 0 Å². The number of carbonyl (C=O) groups excluding carboxylic acids is 2. The maximum Gasteiger partial charge on any atom is 0.421 e. The monoisotopic (exact) mass is 654 g/mol. The highest BCUT2D eigenvalue weighted by Crippen LogP contribution is 2.29. The Kier molecular flexibility index (Phi) is 13.1. The predicted molar refractivity (Wildman–Crippen MR) is 189 cm³/mol. The molecule has 2 amide bonds. The van der Waals surface area contributed by atoms with Gasteiger partial charge in [-0.15, -0.1) is 0 Å². The van der Waals surface area contributed by atoms with Crippen LogP contribution in [0, 0.1) is 13.8 Å². The van der Waals surface area contributed by atoms with Crippen LogP contribution in [0.5, 0.6) is 17.2 Å². The Hall–Kier alpha value is -5.16. The molecule has 0 bridgehead atoms. The van der Waals surface area contributed by atoms with Gasteiger partial charge in [-0.3, -0.25) is 9.69 Å². The Labute approximate surface area is 283 Å². The van der Waals surface area contributed by atoms with Crippen LogP contribution in [0.4, 0.5) is 22.2 Å². The molecule has 11 nitrogen and oxygen atoms in total. The molecule has 0 unspecified atom stereocenters. The van der Waals surface area contributed by atoms with Crippen molar-refractivity contribution in [2.45, 2.75) is 46.1 Å². The van der Waals surface area contributed by atoms with Gasteiger partial charge in [0.1, 0.15) is 23.1 Å². The molecular formula is C37H46N6O5. The van der Waals surface area contributed by atoms with Crippen LogP contribution < -0.4 is 29.7 Å². The number of nitrogens with one attached hydrogen (secondary N) is 2. The summed E-state index contributed by atoms with van der Waals surface area (Å²) < 4.78 is 17.0. The third-order valence-corrected chi connectivity index (χ3v) is 7.77. The molecular weight excluding hydrogens is 608 g/mol. The van der Waals surface area contributed by atoms with Crippen LogP contribution in [-0.2, 0) is 6.54 Å². The Morgan fingerprint density at radius 2 is 1.58 bits per heavy atom. The number of methoxy groups -OCH3 is 2. The van der Waals surface area contributed by atoms with Gasteiger partial charge in [-0.2, -0.15) is 4.98 Å². The van der Waals surface area contributed by atoms with Crippen molar-refractivity contribution >= 4 is 29.5 Å². The van der Waals surface area contributed by atoms with E-state index in [2.05, 4.69) is 39.6 Å². The minimum absolute atomic E-state index is 0.0838. The van der Waals surface area contributed by atoms with Crippen molar-refractivity contribution in [1.29, 1.82) is 0 Å². The highest BCUT2D eigenvalue weighted by atomic mass is 16.6. The van der Waals surface area contributed by atoms with E-state index >= 15 is 0 Å². The minimum Gasteiger partial charge on any atom is -0.497 e. The number of ether oxygens (including phenoxy) is 3. The summed E-state index contributed by atoms with van der Waals surface area (Å²) in [6.45, 7) is 5.59. The molecule has 0 aliphatic heterocycles. The van der Waals surface area contributed by atoms with E-state index in [-0.39, 0.29) is 18.4 Å². The van der Waals surface area contributed by atoms with Crippen LogP contribution >= 0.6 is 0 Å². The predicted octanol–water partition coefficient (Wildman–Crippen LogP) is 6.91. The molecule has 4 rings (SSSR count). The number of para-hydroxylation sites is 1. The Balaban J connectivity index is 1.48. The van der Waals surface area contributed by atoms with Crippen molar-refractivity contribution < 1.29 is 23.8 Å². The summed E-state index contributed by atoms with van der Waals surface area (Å²) in [6.07, 6.45) is 5.29. The molecule has 4 aromatic rings. The normalized spacial score (nSPS) is 10.8. The topological polar surface area (TPSA) is 118 Å². The van der Waals surface area contributed by atoms with Gasteiger partial charge in [-0.25, -0.2) is 9.78 Å². The van der Waals surface area contributed by atoms with Crippen molar-refractivity contribution in [2.24, 2.45) is 0 Å². The summed E-state index contributed by atoms with van der Waals surface area (Å²) in [4.78, 5) is 39.1. The molecule has 1 aromatic heterocycles. The summed E-state index contributed by atoms with van der Waals surface area (Å²) in [7, 11) is 7.31. The minimum atomic E-state index is -0.620. The largest absolute Gasteiger partial charge is 0.497 e. The van der Waals surface area contributed by atoms with Gasteiger partial charge in [0.15, 0.2) is 0 Å². The molecule has 0 radical (unpaired) electrons. The number of hydrogen-bond donors (Lipinski definition) is 2. The fourth-order valence-corrected chi connectivity index (χ4v) is 5.12. The molecule has 0 aliphatic carbocycles. The van der Waals surface area contributed by atoms with E-state index in [1.807, 2.05) is 38.1 Å². The summed E-state index contributed by atoms with van der Waals surface area (Å²) in [5, 5.41) is 6.17. The summed E-state index contributed by atoms with van der Waals surface area (Å²) in [5.74, 6) is 2.15. The second-order valence-corrected chi connectivity index (χ2v) is 11.8. The third-order valence-electron chi connectivity index (χ3n) is 7.77. The first-order valence-corrected chi connectivity index (χ1v) is 16.1. The van der Waals surface area contributed by atoms with E-state index in [0.29, 0.717) is 46.4 Å². The standard InChI is InChI=1S/C37H46N6O5/c1-26-12-11-13-27(2)34(26)48-37(45)43(25-29-24-31(46-5)18-19-32(29)47-6)33-20-22-39-36(41-33)40-30-16-14-28(15-17-30)35(44)38-21-9-7-8-10-23-42(3)4/h11-20,22,24H,7-10,21,23,25H2,1-6H3,(H,38,44)(H,39,40,41). The number of aryl methyl sites for hydroxylation is 2. The van der Waals surface area contributed by atoms with E-state index in [1.165, 1.54) is 4.90 Å². The number of aromatic nitrogens is 2. The van der Waals surface area contributed by atoms with E-state index in [0.717, 1.165) is 43.4 Å². The van der Waals surface area contributed by atoms with Crippen LogP contribution in [-0.4, -0.2) is 68.3 Å². The van der Waals surface area contributed by atoms with Crippen LogP contribution in [0.3, 0.4) is 0 Å². The highest BCUT2D eigenvalue weighted by Gasteiger charge is 2.24. The average molecular weight is 655 g/mol. The summed E-state index contributed by atoms with van der Waals surface area (Å²) >= 11 is 0. The van der Waals surface area contributed by atoms with Crippen molar-refractivity contribution in [3.8, 4) is 17.2 Å². The van der Waals surface area contributed by atoms with Gasteiger partial charge < -0.3 is 29.7 Å². The number of rotatable bonds is 16. The molecule has 0 aliphatic rings. The van der Waals surface area contributed by atoms with E-state index in [9.17, 15) is 9.59 Å². The van der Waals surface area contributed by atoms with Crippen LogP contribution in [0.25, 0.3) is 0 Å². The van der Waals surface area contributed by atoms with Crippen molar-refractivity contribution in [1.82, 2.24) is 20.2 Å². The zero-order valence-corrected chi connectivity index (χ0v) is 28.7. The molecule has 48 heavy (non-hydrogen) atoms. The van der Waals surface area contributed by atoms with Gasteiger partial charge >= 0.3 is 6.09 Å². The van der Waals surface area contributed by atoms with Gasteiger partial charge in [0.25, 0.3) is 5.91 Å². The lowest BCUT2D eigenvalue weighted by Crippen LogP contribution is -2.34. The molecule has 0 spiro atoms. The highest BCUT2D eigenvalue weighted by molar-refractivity contribution is 5.94. The molecule has 0 atom stereocenters. The average Bonchev–Trinajstić information content (AvgIpc) is 3.08. The third kappa shape index (κ3) is 10.2. The number of amides is 2. The van der Waals surface area contributed by atoms with E-state index in [4.69, 9.17) is 14.2 Å². The molecule has 0 saturated heterocycles. The summed E-state index contributed by atoms with van der Waals surface area (Å²) in [5.41, 5.74) is 3.61. The molecule has 0 fully saturated rings. The fourth-order valence-electron chi connectivity index (χ4n) is 5.12. The molecule has 0 saturated carbocycles. The zero-order chi connectivity index (χ0) is 34.5. The molecule has 254 valence electrons. The lowest BCUT2D eigenvalue weighted by molar-refractivity contribution is 0.0953. The number of anilines is 3. The quantitative estimate of drug-likeness (QED) is 0.124. The Morgan fingerprint density at radius 3 is 2.27 bits per heavy atom. The van der Waals surface area contributed by atoms with E-state index in [1.54, 1.807) is 62.9 Å². The molecule has 11 heteroatoms.